The van der Waals surface area contributed by atoms with E-state index in [0.29, 0.717) is 30.1 Å². The number of nitrogens with zero attached hydrogens (tertiary/aromatic N) is 3. The first-order valence-corrected chi connectivity index (χ1v) is 9.46. The van der Waals surface area contributed by atoms with Crippen LogP contribution in [0.1, 0.15) is 24.0 Å². The van der Waals surface area contributed by atoms with Crippen LogP contribution in [0, 0.1) is 19.7 Å². The number of halogens is 1. The second kappa shape index (κ2) is 8.86. The Bertz CT molecular complexity index is 958. The van der Waals surface area contributed by atoms with E-state index in [0.717, 1.165) is 11.1 Å². The van der Waals surface area contributed by atoms with Crippen LogP contribution in [0.25, 0.3) is 0 Å². The standard InChI is InChI=1S/C22H24FN3O3/c1-15-7-8-16(2)20(13-15)26-21(27)10-9-19(24-26)22(28)25(3)11-12-29-18-6-4-5-17(23)14-18/h4-8,13-14H,9-12H2,1-3H3. The average molecular weight is 397 g/mol. The van der Waals surface area contributed by atoms with Crippen LogP contribution in [0.5, 0.6) is 5.75 Å². The summed E-state index contributed by atoms with van der Waals surface area (Å²) in [4.78, 5) is 26.7. The molecule has 152 valence electrons. The van der Waals surface area contributed by atoms with Crippen LogP contribution in [-0.2, 0) is 9.59 Å². The zero-order chi connectivity index (χ0) is 21.0. The first-order chi connectivity index (χ1) is 13.8. The lowest BCUT2D eigenvalue weighted by Gasteiger charge is -2.26. The average Bonchev–Trinajstić information content (AvgIpc) is 2.70. The molecule has 29 heavy (non-hydrogen) atoms. The van der Waals surface area contributed by atoms with E-state index in [9.17, 15) is 14.0 Å². The molecule has 3 rings (SSSR count). The molecule has 0 N–H and O–H groups in total. The van der Waals surface area contributed by atoms with Crippen molar-refractivity contribution in [3.05, 3.63) is 59.4 Å². The lowest BCUT2D eigenvalue weighted by molar-refractivity contribution is -0.123. The molecule has 7 heteroatoms. The summed E-state index contributed by atoms with van der Waals surface area (Å²) in [5.41, 5.74) is 2.95. The van der Waals surface area contributed by atoms with Gasteiger partial charge < -0.3 is 9.64 Å². The smallest absolute Gasteiger partial charge is 0.269 e. The van der Waals surface area contributed by atoms with Crippen molar-refractivity contribution in [3.63, 3.8) is 0 Å². The lowest BCUT2D eigenvalue weighted by Crippen LogP contribution is -2.41. The van der Waals surface area contributed by atoms with Crippen molar-refractivity contribution in [3.8, 4) is 5.75 Å². The van der Waals surface area contributed by atoms with E-state index in [1.165, 1.54) is 22.0 Å². The maximum absolute atomic E-state index is 13.2. The monoisotopic (exact) mass is 397 g/mol. The molecular weight excluding hydrogens is 373 g/mol. The van der Waals surface area contributed by atoms with Gasteiger partial charge in [0.25, 0.3) is 5.91 Å². The molecule has 1 heterocycles. The summed E-state index contributed by atoms with van der Waals surface area (Å²) in [6.07, 6.45) is 0.527. The van der Waals surface area contributed by atoms with Crippen molar-refractivity contribution in [2.45, 2.75) is 26.7 Å². The van der Waals surface area contributed by atoms with Gasteiger partial charge in [0, 0.05) is 26.0 Å². The maximum Gasteiger partial charge on any atom is 0.269 e. The highest BCUT2D eigenvalue weighted by Crippen LogP contribution is 2.25. The number of aryl methyl sites for hydroxylation is 2. The Kier molecular flexibility index (Phi) is 6.26. The van der Waals surface area contributed by atoms with Crippen molar-refractivity contribution < 1.29 is 18.7 Å². The minimum atomic E-state index is -0.375. The second-order valence-electron chi connectivity index (χ2n) is 7.07. The van der Waals surface area contributed by atoms with E-state index in [1.54, 1.807) is 19.2 Å². The Balaban J connectivity index is 1.67. The lowest BCUT2D eigenvalue weighted by atomic mass is 10.1. The van der Waals surface area contributed by atoms with Gasteiger partial charge in [-0.15, -0.1) is 0 Å². The highest BCUT2D eigenvalue weighted by Gasteiger charge is 2.28. The molecule has 0 atom stereocenters. The normalized spacial score (nSPS) is 13.9. The van der Waals surface area contributed by atoms with E-state index in [2.05, 4.69) is 5.10 Å². The highest BCUT2D eigenvalue weighted by atomic mass is 19.1. The number of anilines is 1. The van der Waals surface area contributed by atoms with Gasteiger partial charge in [0.15, 0.2) is 0 Å². The Hall–Kier alpha value is -3.22. The largest absolute Gasteiger partial charge is 0.492 e. The Labute approximate surface area is 169 Å². The minimum absolute atomic E-state index is 0.132. The summed E-state index contributed by atoms with van der Waals surface area (Å²) in [7, 11) is 1.65. The van der Waals surface area contributed by atoms with Gasteiger partial charge >= 0.3 is 0 Å². The third-order valence-electron chi connectivity index (χ3n) is 4.71. The summed E-state index contributed by atoms with van der Waals surface area (Å²) >= 11 is 0. The van der Waals surface area contributed by atoms with Gasteiger partial charge in [-0.2, -0.15) is 5.10 Å². The number of rotatable bonds is 6. The third-order valence-corrected chi connectivity index (χ3v) is 4.71. The van der Waals surface area contributed by atoms with Gasteiger partial charge in [0.2, 0.25) is 5.91 Å². The first-order valence-electron chi connectivity index (χ1n) is 9.46. The first kappa shape index (κ1) is 20.5. The Morgan fingerprint density at radius 1 is 1.21 bits per heavy atom. The molecular formula is C22H24FN3O3. The molecule has 2 amide bonds. The predicted octanol–water partition coefficient (Wildman–Crippen LogP) is 3.46. The van der Waals surface area contributed by atoms with Crippen LogP contribution < -0.4 is 9.75 Å². The number of hydrogen-bond donors (Lipinski definition) is 0. The summed E-state index contributed by atoms with van der Waals surface area (Å²) in [6.45, 7) is 4.38. The van der Waals surface area contributed by atoms with Gasteiger partial charge in [-0.05, 0) is 43.2 Å². The topological polar surface area (TPSA) is 62.2 Å². The van der Waals surface area contributed by atoms with E-state index >= 15 is 0 Å². The van der Waals surface area contributed by atoms with Gasteiger partial charge in [0.1, 0.15) is 23.9 Å². The van der Waals surface area contributed by atoms with E-state index in [-0.39, 0.29) is 30.7 Å². The number of hydrogen-bond acceptors (Lipinski definition) is 4. The van der Waals surface area contributed by atoms with Gasteiger partial charge in [0.05, 0.1) is 12.2 Å². The van der Waals surface area contributed by atoms with Crippen molar-refractivity contribution in [2.24, 2.45) is 5.10 Å². The predicted molar refractivity (Wildman–Crippen MR) is 110 cm³/mol. The molecule has 0 aromatic heterocycles. The van der Waals surface area contributed by atoms with Crippen LogP contribution in [0.3, 0.4) is 0 Å². The molecule has 0 spiro atoms. The van der Waals surface area contributed by atoms with E-state index in [4.69, 9.17) is 4.74 Å². The van der Waals surface area contributed by atoms with Crippen LogP contribution in [0.2, 0.25) is 0 Å². The quantitative estimate of drug-likeness (QED) is 0.750. The fraction of sp³-hybridized carbons (Fsp3) is 0.318. The van der Waals surface area contributed by atoms with Gasteiger partial charge in [-0.25, -0.2) is 9.40 Å². The minimum Gasteiger partial charge on any atom is -0.492 e. The van der Waals surface area contributed by atoms with Crippen molar-refractivity contribution in [1.82, 2.24) is 4.90 Å². The van der Waals surface area contributed by atoms with Crippen molar-refractivity contribution in [1.29, 1.82) is 0 Å². The summed E-state index contributed by atoms with van der Waals surface area (Å²) < 4.78 is 18.7. The molecule has 2 aromatic carbocycles. The molecule has 1 aliphatic heterocycles. The number of ether oxygens (including phenoxy) is 1. The number of carbonyl (C=O) groups excluding carboxylic acids is 2. The molecule has 6 nitrogen and oxygen atoms in total. The molecule has 1 aliphatic rings. The molecule has 0 saturated carbocycles. The number of amides is 2. The fourth-order valence-corrected chi connectivity index (χ4v) is 3.02. The van der Waals surface area contributed by atoms with Gasteiger partial charge in [-0.1, -0.05) is 18.2 Å². The highest BCUT2D eigenvalue weighted by molar-refractivity contribution is 6.40. The molecule has 0 radical (unpaired) electrons. The van der Waals surface area contributed by atoms with Crippen LogP contribution in [0.4, 0.5) is 10.1 Å². The third kappa shape index (κ3) is 4.99. The van der Waals surface area contributed by atoms with Gasteiger partial charge in [-0.3, -0.25) is 9.59 Å². The van der Waals surface area contributed by atoms with E-state index in [1.807, 2.05) is 32.0 Å². The van der Waals surface area contributed by atoms with Crippen molar-refractivity contribution in [2.75, 3.05) is 25.2 Å². The summed E-state index contributed by atoms with van der Waals surface area (Å²) in [6, 6.07) is 11.6. The fourth-order valence-electron chi connectivity index (χ4n) is 3.02. The number of benzene rings is 2. The molecule has 0 fully saturated rings. The molecule has 0 bridgehead atoms. The number of hydrazone groups is 1. The summed E-state index contributed by atoms with van der Waals surface area (Å²) in [5.74, 6) is -0.352. The molecule has 0 aliphatic carbocycles. The molecule has 0 saturated heterocycles. The zero-order valence-electron chi connectivity index (χ0n) is 16.8. The maximum atomic E-state index is 13.2. The Morgan fingerprint density at radius 2 is 2.00 bits per heavy atom. The van der Waals surface area contributed by atoms with Crippen molar-refractivity contribution >= 4 is 23.2 Å². The Morgan fingerprint density at radius 3 is 2.76 bits per heavy atom. The van der Waals surface area contributed by atoms with E-state index < -0.39 is 0 Å². The second-order valence-corrected chi connectivity index (χ2v) is 7.07. The number of likely N-dealkylation sites (N-methyl/N-ethyl adjacent to an activating group) is 1. The van der Waals surface area contributed by atoms with Crippen LogP contribution >= 0.6 is 0 Å². The SMILES string of the molecule is Cc1ccc(C)c(N2N=C(C(=O)N(C)CCOc3cccc(F)c3)CCC2=O)c1. The number of carbonyl (C=O) groups is 2. The van der Waals surface area contributed by atoms with Crippen LogP contribution in [0.15, 0.2) is 47.6 Å². The molecule has 2 aromatic rings. The van der Waals surface area contributed by atoms with Crippen LogP contribution in [-0.4, -0.2) is 42.6 Å². The zero-order valence-corrected chi connectivity index (χ0v) is 16.8. The molecule has 0 unspecified atom stereocenters. The summed E-state index contributed by atoms with van der Waals surface area (Å²) in [5, 5.41) is 5.68.